The minimum Gasteiger partial charge on any atom is -0.389 e. The quantitative estimate of drug-likeness (QED) is 0.837. The van der Waals surface area contributed by atoms with Gasteiger partial charge in [0.25, 0.3) is 0 Å². The monoisotopic (exact) mass is 256 g/mol. The van der Waals surface area contributed by atoms with Crippen LogP contribution in [0.5, 0.6) is 0 Å². The highest BCUT2D eigenvalue weighted by molar-refractivity contribution is 5.85. The van der Waals surface area contributed by atoms with Gasteiger partial charge in [0.2, 0.25) is 5.91 Å². The van der Waals surface area contributed by atoms with E-state index in [0.717, 1.165) is 5.56 Å². The second-order valence-corrected chi connectivity index (χ2v) is 4.17. The van der Waals surface area contributed by atoms with Crippen molar-refractivity contribution in [1.29, 1.82) is 0 Å². The number of nitrogens with two attached hydrogens (primary N) is 1. The normalized spacial score (nSPS) is 16.9. The number of β-amino-alcohol motifs (C(OH)–C–C–N with tert-alkyl or cyclic N) is 1. The molecule has 94 valence electrons. The number of halogens is 1. The van der Waals surface area contributed by atoms with Gasteiger partial charge in [-0.05, 0) is 5.56 Å². The van der Waals surface area contributed by atoms with Crippen LogP contribution in [0.25, 0.3) is 0 Å². The molecule has 0 spiro atoms. The van der Waals surface area contributed by atoms with Crippen molar-refractivity contribution < 1.29 is 9.90 Å². The lowest BCUT2D eigenvalue weighted by Gasteiger charge is -2.36. The fourth-order valence-corrected chi connectivity index (χ4v) is 1.79. The summed E-state index contributed by atoms with van der Waals surface area (Å²) in [4.78, 5) is 13.3. The number of carbonyl (C=O) groups excluding carboxylic acids is 1. The van der Waals surface area contributed by atoms with Gasteiger partial charge in [-0.3, -0.25) is 4.79 Å². The lowest BCUT2D eigenvalue weighted by molar-refractivity contribution is -0.141. The van der Waals surface area contributed by atoms with E-state index < -0.39 is 0 Å². The lowest BCUT2D eigenvalue weighted by Crippen LogP contribution is -2.53. The van der Waals surface area contributed by atoms with Crippen molar-refractivity contribution >= 4 is 18.3 Å². The van der Waals surface area contributed by atoms with Crippen LogP contribution in [0.1, 0.15) is 18.0 Å². The number of nitrogens with zero attached hydrogens (tertiary/aromatic N) is 1. The average Bonchev–Trinajstić information content (AvgIpc) is 2.26. The van der Waals surface area contributed by atoms with Crippen LogP contribution in [-0.4, -0.2) is 35.1 Å². The molecule has 5 heteroatoms. The number of rotatable bonds is 3. The third-order valence-electron chi connectivity index (χ3n) is 2.84. The Morgan fingerprint density at radius 3 is 2.53 bits per heavy atom. The Morgan fingerprint density at radius 2 is 2.00 bits per heavy atom. The van der Waals surface area contributed by atoms with E-state index in [-0.39, 0.29) is 30.5 Å². The third-order valence-corrected chi connectivity index (χ3v) is 2.84. The minimum atomic E-state index is -0.350. The number of carbonyl (C=O) groups is 1. The number of amides is 1. The molecule has 1 atom stereocenters. The van der Waals surface area contributed by atoms with Gasteiger partial charge in [0.15, 0.2) is 0 Å². The second kappa shape index (κ2) is 6.00. The van der Waals surface area contributed by atoms with E-state index in [1.165, 1.54) is 0 Å². The predicted molar refractivity (Wildman–Crippen MR) is 67.8 cm³/mol. The molecule has 1 fully saturated rings. The fourth-order valence-electron chi connectivity index (χ4n) is 1.79. The van der Waals surface area contributed by atoms with E-state index in [2.05, 4.69) is 0 Å². The summed E-state index contributed by atoms with van der Waals surface area (Å²) in [6.07, 6.45) is -0.0478. The van der Waals surface area contributed by atoms with Crippen LogP contribution in [0.3, 0.4) is 0 Å². The number of likely N-dealkylation sites (tertiary alicyclic amines) is 1. The van der Waals surface area contributed by atoms with E-state index in [9.17, 15) is 4.79 Å². The van der Waals surface area contributed by atoms with E-state index >= 15 is 0 Å². The van der Waals surface area contributed by atoms with Gasteiger partial charge >= 0.3 is 0 Å². The summed E-state index contributed by atoms with van der Waals surface area (Å²) < 4.78 is 0. The number of hydrogen-bond donors (Lipinski definition) is 2. The zero-order valence-corrected chi connectivity index (χ0v) is 10.3. The lowest BCUT2D eigenvalue weighted by atomic mass is 10.0. The third kappa shape index (κ3) is 3.43. The molecular weight excluding hydrogens is 240 g/mol. The molecule has 0 bridgehead atoms. The van der Waals surface area contributed by atoms with Gasteiger partial charge in [-0.25, -0.2) is 0 Å². The van der Waals surface area contributed by atoms with Gasteiger partial charge in [0, 0.05) is 25.6 Å². The molecular formula is C12H17ClN2O2. The molecule has 3 N–H and O–H groups in total. The van der Waals surface area contributed by atoms with Gasteiger partial charge < -0.3 is 15.7 Å². The molecule has 0 aromatic heterocycles. The molecule has 0 radical (unpaired) electrons. The van der Waals surface area contributed by atoms with Crippen molar-refractivity contribution in [3.8, 4) is 0 Å². The fraction of sp³-hybridized carbons (Fsp3) is 0.417. The van der Waals surface area contributed by atoms with Crippen molar-refractivity contribution in [1.82, 2.24) is 4.90 Å². The molecule has 1 saturated heterocycles. The van der Waals surface area contributed by atoms with Gasteiger partial charge in [0.1, 0.15) is 0 Å². The molecule has 1 unspecified atom stereocenters. The number of hydrogen-bond acceptors (Lipinski definition) is 3. The van der Waals surface area contributed by atoms with E-state index in [1.807, 2.05) is 30.3 Å². The first kappa shape index (κ1) is 14.0. The highest BCUT2D eigenvalue weighted by atomic mass is 35.5. The summed E-state index contributed by atoms with van der Waals surface area (Å²) in [5.74, 6) is 0.0154. The standard InChI is InChI=1S/C12H16N2O2.ClH/c13-11(9-4-2-1-3-5-9)6-12(16)14-7-10(15)8-14;/h1-5,10-11,15H,6-8,13H2;1H. The molecule has 1 aromatic rings. The van der Waals surface area contributed by atoms with E-state index in [4.69, 9.17) is 10.8 Å². The van der Waals surface area contributed by atoms with Crippen LogP contribution in [-0.2, 0) is 4.79 Å². The summed E-state index contributed by atoms with van der Waals surface area (Å²) in [5.41, 5.74) is 6.91. The number of aliphatic hydroxyl groups excluding tert-OH is 1. The number of benzene rings is 1. The largest absolute Gasteiger partial charge is 0.389 e. The SMILES string of the molecule is Cl.NC(CC(=O)N1CC(O)C1)c1ccccc1. The van der Waals surface area contributed by atoms with Crippen LogP contribution in [0.15, 0.2) is 30.3 Å². The van der Waals surface area contributed by atoms with Crippen molar-refractivity contribution in [3.63, 3.8) is 0 Å². The summed E-state index contributed by atoms with van der Waals surface area (Å²) in [7, 11) is 0. The molecule has 1 aliphatic rings. The molecule has 17 heavy (non-hydrogen) atoms. The average molecular weight is 257 g/mol. The first-order valence-corrected chi connectivity index (χ1v) is 5.43. The van der Waals surface area contributed by atoms with Crippen LogP contribution < -0.4 is 5.73 Å². The van der Waals surface area contributed by atoms with E-state index in [1.54, 1.807) is 4.90 Å². The van der Waals surface area contributed by atoms with Crippen LogP contribution in [0, 0.1) is 0 Å². The van der Waals surface area contributed by atoms with Gasteiger partial charge in [-0.2, -0.15) is 0 Å². The molecule has 1 aromatic carbocycles. The maximum atomic E-state index is 11.7. The first-order chi connectivity index (χ1) is 7.66. The Hall–Kier alpha value is -1.10. The molecule has 4 nitrogen and oxygen atoms in total. The van der Waals surface area contributed by atoms with Crippen LogP contribution in [0.2, 0.25) is 0 Å². The highest BCUT2D eigenvalue weighted by Gasteiger charge is 2.29. The summed E-state index contributed by atoms with van der Waals surface area (Å²) in [5, 5.41) is 9.09. The maximum absolute atomic E-state index is 11.7. The Morgan fingerprint density at radius 1 is 1.41 bits per heavy atom. The Balaban J connectivity index is 0.00000144. The van der Waals surface area contributed by atoms with Gasteiger partial charge in [0.05, 0.1) is 6.10 Å². The summed E-state index contributed by atoms with van der Waals surface area (Å²) in [6, 6.07) is 9.32. The van der Waals surface area contributed by atoms with Crippen LogP contribution >= 0.6 is 12.4 Å². The van der Waals surface area contributed by atoms with Crippen LogP contribution in [0.4, 0.5) is 0 Å². The van der Waals surface area contributed by atoms with Gasteiger partial charge in [-0.15, -0.1) is 12.4 Å². The smallest absolute Gasteiger partial charge is 0.224 e. The second-order valence-electron chi connectivity index (χ2n) is 4.17. The molecule has 0 saturated carbocycles. The van der Waals surface area contributed by atoms with Crippen molar-refractivity contribution in [2.45, 2.75) is 18.6 Å². The Labute approximate surface area is 107 Å². The van der Waals surface area contributed by atoms with Crippen molar-refractivity contribution in [2.75, 3.05) is 13.1 Å². The minimum absolute atomic E-state index is 0. The van der Waals surface area contributed by atoms with Gasteiger partial charge in [-0.1, -0.05) is 30.3 Å². The Kier molecular flexibility index (Phi) is 4.93. The molecule has 1 heterocycles. The maximum Gasteiger partial charge on any atom is 0.224 e. The molecule has 1 aliphatic heterocycles. The Bertz CT molecular complexity index is 366. The highest BCUT2D eigenvalue weighted by Crippen LogP contribution is 2.17. The number of aliphatic hydroxyl groups is 1. The molecule has 1 amide bonds. The topological polar surface area (TPSA) is 66.6 Å². The zero-order chi connectivity index (χ0) is 11.5. The molecule has 0 aliphatic carbocycles. The predicted octanol–water partition coefficient (Wildman–Crippen LogP) is 0.701. The van der Waals surface area contributed by atoms with Crippen molar-refractivity contribution in [3.05, 3.63) is 35.9 Å². The van der Waals surface area contributed by atoms with E-state index in [0.29, 0.717) is 19.5 Å². The molecule has 2 rings (SSSR count). The van der Waals surface area contributed by atoms with Crippen molar-refractivity contribution in [2.24, 2.45) is 5.73 Å². The first-order valence-electron chi connectivity index (χ1n) is 5.43. The zero-order valence-electron chi connectivity index (χ0n) is 9.45. The summed E-state index contributed by atoms with van der Waals surface area (Å²) in [6.45, 7) is 0.890. The summed E-state index contributed by atoms with van der Waals surface area (Å²) >= 11 is 0.